The first-order valence-corrected chi connectivity index (χ1v) is 4.75. The van der Waals surface area contributed by atoms with E-state index in [9.17, 15) is 9.90 Å². The fourth-order valence-electron chi connectivity index (χ4n) is 1.69. The third-order valence-corrected chi connectivity index (χ3v) is 2.45. The second kappa shape index (κ2) is 3.98. The minimum atomic E-state index is -0.643. The van der Waals surface area contributed by atoms with Crippen LogP contribution in [0.1, 0.15) is 17.2 Å². The van der Waals surface area contributed by atoms with E-state index in [1.54, 1.807) is 12.1 Å². The Kier molecular flexibility index (Phi) is 2.68. The van der Waals surface area contributed by atoms with Gasteiger partial charge in [-0.25, -0.2) is 0 Å². The largest absolute Gasteiger partial charge is 0.387 e. The van der Waals surface area contributed by atoms with E-state index in [-0.39, 0.29) is 5.91 Å². The summed E-state index contributed by atoms with van der Waals surface area (Å²) in [5.74, 6) is 5.12. The Balaban J connectivity index is 2.23. The minimum Gasteiger partial charge on any atom is -0.387 e. The van der Waals surface area contributed by atoms with E-state index in [1.165, 1.54) is 0 Å². The predicted octanol–water partition coefficient (Wildman–Crippen LogP) is -0.322. The van der Waals surface area contributed by atoms with Gasteiger partial charge in [0.25, 0.3) is 0 Å². The summed E-state index contributed by atoms with van der Waals surface area (Å²) < 4.78 is 0. The molecule has 1 heterocycles. The molecule has 1 aliphatic heterocycles. The number of aliphatic hydroxyl groups is 1. The molecule has 1 atom stereocenters. The van der Waals surface area contributed by atoms with Crippen molar-refractivity contribution in [1.82, 2.24) is 5.43 Å². The van der Waals surface area contributed by atoms with Crippen LogP contribution in [-0.2, 0) is 11.2 Å². The molecule has 15 heavy (non-hydrogen) atoms. The first kappa shape index (κ1) is 10.1. The van der Waals surface area contributed by atoms with Crippen molar-refractivity contribution >= 4 is 11.6 Å². The van der Waals surface area contributed by atoms with E-state index in [0.717, 1.165) is 16.8 Å². The zero-order valence-electron chi connectivity index (χ0n) is 8.16. The van der Waals surface area contributed by atoms with Gasteiger partial charge < -0.3 is 10.4 Å². The number of hydrazine groups is 1. The first-order chi connectivity index (χ1) is 7.20. The summed E-state index contributed by atoms with van der Waals surface area (Å²) in [6, 6.07) is 5.41. The summed E-state index contributed by atoms with van der Waals surface area (Å²) in [6.07, 6.45) is -0.262. The van der Waals surface area contributed by atoms with E-state index >= 15 is 0 Å². The summed E-state index contributed by atoms with van der Waals surface area (Å²) >= 11 is 0. The number of anilines is 1. The third kappa shape index (κ3) is 1.99. The molecular weight excluding hydrogens is 194 g/mol. The average Bonchev–Trinajstić information content (AvgIpc) is 2.57. The summed E-state index contributed by atoms with van der Waals surface area (Å²) in [4.78, 5) is 11.1. The highest BCUT2D eigenvalue weighted by Crippen LogP contribution is 2.26. The topological polar surface area (TPSA) is 87.4 Å². The smallest absolute Gasteiger partial charge is 0.228 e. The fourth-order valence-corrected chi connectivity index (χ4v) is 1.69. The molecule has 5 N–H and O–H groups in total. The maximum atomic E-state index is 11.1. The zero-order chi connectivity index (χ0) is 10.8. The van der Waals surface area contributed by atoms with Gasteiger partial charge in [-0.3, -0.25) is 16.1 Å². The second-order valence-electron chi connectivity index (χ2n) is 3.57. The summed E-state index contributed by atoms with van der Waals surface area (Å²) in [5, 5.41) is 12.4. The Morgan fingerprint density at radius 2 is 2.40 bits per heavy atom. The van der Waals surface area contributed by atoms with Crippen LogP contribution in [0.4, 0.5) is 5.69 Å². The third-order valence-electron chi connectivity index (χ3n) is 2.45. The molecule has 0 fully saturated rings. The van der Waals surface area contributed by atoms with Gasteiger partial charge in [0.05, 0.1) is 12.5 Å². The van der Waals surface area contributed by atoms with Gasteiger partial charge in [-0.15, -0.1) is 0 Å². The van der Waals surface area contributed by atoms with Gasteiger partial charge in [-0.05, 0) is 17.2 Å². The van der Waals surface area contributed by atoms with Crippen LogP contribution in [0.2, 0.25) is 0 Å². The van der Waals surface area contributed by atoms with Crippen LogP contribution in [0, 0.1) is 0 Å². The lowest BCUT2D eigenvalue weighted by Gasteiger charge is -2.11. The number of carbonyl (C=O) groups is 1. The fraction of sp³-hybridized carbons (Fsp3) is 0.300. The molecular formula is C10H13N3O2. The van der Waals surface area contributed by atoms with Crippen molar-refractivity contribution in [2.75, 3.05) is 11.9 Å². The molecule has 1 aliphatic rings. The highest BCUT2D eigenvalue weighted by Gasteiger charge is 2.18. The van der Waals surface area contributed by atoms with Crippen LogP contribution in [-0.4, -0.2) is 17.6 Å². The highest BCUT2D eigenvalue weighted by atomic mass is 16.3. The Bertz CT molecular complexity index is 392. The van der Waals surface area contributed by atoms with Crippen LogP contribution >= 0.6 is 0 Å². The second-order valence-corrected chi connectivity index (χ2v) is 3.57. The Labute approximate surface area is 87.3 Å². The van der Waals surface area contributed by atoms with Crippen LogP contribution in [0.5, 0.6) is 0 Å². The molecule has 5 nitrogen and oxygen atoms in total. The standard InChI is InChI=1S/C10H13N3O2/c11-12-5-9(14)6-1-2-8-7(3-6)4-10(15)13-8/h1-3,9,12,14H,4-5,11H2,(H,13,15). The van der Waals surface area contributed by atoms with Crippen molar-refractivity contribution in [3.8, 4) is 0 Å². The Morgan fingerprint density at radius 1 is 1.60 bits per heavy atom. The van der Waals surface area contributed by atoms with Gasteiger partial charge in [0.1, 0.15) is 0 Å². The van der Waals surface area contributed by atoms with Crippen molar-refractivity contribution in [2.45, 2.75) is 12.5 Å². The molecule has 80 valence electrons. The number of benzene rings is 1. The van der Waals surface area contributed by atoms with Crippen LogP contribution < -0.4 is 16.6 Å². The molecule has 2 rings (SSSR count). The molecule has 5 heteroatoms. The maximum Gasteiger partial charge on any atom is 0.228 e. The summed E-state index contributed by atoms with van der Waals surface area (Å²) in [5.41, 5.74) is 4.93. The molecule has 1 amide bonds. The number of hydrogen-bond donors (Lipinski definition) is 4. The minimum absolute atomic E-state index is 0.00594. The lowest BCUT2D eigenvalue weighted by molar-refractivity contribution is -0.115. The molecule has 0 spiro atoms. The van der Waals surface area contributed by atoms with Crippen molar-refractivity contribution in [3.05, 3.63) is 29.3 Å². The Morgan fingerprint density at radius 3 is 3.13 bits per heavy atom. The van der Waals surface area contributed by atoms with E-state index in [0.29, 0.717) is 13.0 Å². The molecule has 0 saturated carbocycles. The normalized spacial score (nSPS) is 16.0. The number of hydrogen-bond acceptors (Lipinski definition) is 4. The highest BCUT2D eigenvalue weighted by molar-refractivity contribution is 5.99. The SMILES string of the molecule is NNCC(O)c1ccc2c(c1)CC(=O)N2. The number of nitrogens with one attached hydrogen (secondary N) is 2. The quantitative estimate of drug-likeness (QED) is 0.404. The lowest BCUT2D eigenvalue weighted by atomic mass is 10.0. The Hall–Kier alpha value is -1.43. The molecule has 1 aromatic carbocycles. The monoisotopic (exact) mass is 207 g/mol. The zero-order valence-corrected chi connectivity index (χ0v) is 8.16. The number of fused-ring (bicyclic) bond motifs is 1. The van der Waals surface area contributed by atoms with Gasteiger partial charge >= 0.3 is 0 Å². The van der Waals surface area contributed by atoms with E-state index in [2.05, 4.69) is 10.7 Å². The van der Waals surface area contributed by atoms with E-state index in [1.807, 2.05) is 6.07 Å². The molecule has 0 aromatic heterocycles. The van der Waals surface area contributed by atoms with Gasteiger partial charge in [0.2, 0.25) is 5.91 Å². The molecule has 1 aromatic rings. The predicted molar refractivity (Wildman–Crippen MR) is 55.9 cm³/mol. The average molecular weight is 207 g/mol. The lowest BCUT2D eigenvalue weighted by Crippen LogP contribution is -2.27. The van der Waals surface area contributed by atoms with Crippen LogP contribution in [0.25, 0.3) is 0 Å². The molecule has 0 aliphatic carbocycles. The molecule has 0 bridgehead atoms. The van der Waals surface area contributed by atoms with Gasteiger partial charge in [0, 0.05) is 12.2 Å². The number of nitrogens with two attached hydrogens (primary N) is 1. The van der Waals surface area contributed by atoms with Crippen LogP contribution in [0.3, 0.4) is 0 Å². The summed E-state index contributed by atoms with van der Waals surface area (Å²) in [6.45, 7) is 0.292. The van der Waals surface area contributed by atoms with E-state index in [4.69, 9.17) is 5.84 Å². The van der Waals surface area contributed by atoms with Crippen molar-refractivity contribution in [1.29, 1.82) is 0 Å². The first-order valence-electron chi connectivity index (χ1n) is 4.75. The number of aliphatic hydroxyl groups excluding tert-OH is 1. The summed E-state index contributed by atoms with van der Waals surface area (Å²) in [7, 11) is 0. The van der Waals surface area contributed by atoms with Crippen LogP contribution in [0.15, 0.2) is 18.2 Å². The molecule has 0 radical (unpaired) electrons. The van der Waals surface area contributed by atoms with Gasteiger partial charge in [0.15, 0.2) is 0 Å². The number of amides is 1. The number of rotatable bonds is 3. The molecule has 0 saturated heterocycles. The number of carbonyl (C=O) groups excluding carboxylic acids is 1. The molecule has 1 unspecified atom stereocenters. The van der Waals surface area contributed by atoms with E-state index < -0.39 is 6.10 Å². The van der Waals surface area contributed by atoms with Gasteiger partial charge in [-0.2, -0.15) is 0 Å². The maximum absolute atomic E-state index is 11.1. The van der Waals surface area contributed by atoms with Gasteiger partial charge in [-0.1, -0.05) is 12.1 Å². The van der Waals surface area contributed by atoms with Crippen molar-refractivity contribution in [2.24, 2.45) is 5.84 Å². The van der Waals surface area contributed by atoms with Crippen molar-refractivity contribution in [3.63, 3.8) is 0 Å². The van der Waals surface area contributed by atoms with Crippen molar-refractivity contribution < 1.29 is 9.90 Å².